The highest BCUT2D eigenvalue weighted by Crippen LogP contribution is 2.23. The standard InChI is InChI=1S/C15H23N3.C2H6/c1-4-6-12(5-2)9-18-10-13-11(3)7-8-14(16)15(13)17;1-2/h4-8,18H,9-10,16-17H2,1-3H3;1-2H3/b6-4-,12-5+;. The summed E-state index contributed by atoms with van der Waals surface area (Å²) in [5.41, 5.74) is 16.7. The number of aryl methyl sites for hydroxylation is 1. The summed E-state index contributed by atoms with van der Waals surface area (Å²) in [5.74, 6) is 0. The molecule has 0 heterocycles. The maximum Gasteiger partial charge on any atom is 0.0596 e. The Labute approximate surface area is 123 Å². The second-order valence-electron chi connectivity index (χ2n) is 4.33. The number of nitrogens with two attached hydrogens (primary N) is 2. The van der Waals surface area contributed by atoms with E-state index in [4.69, 9.17) is 11.5 Å². The first-order valence-electron chi connectivity index (χ1n) is 7.22. The van der Waals surface area contributed by atoms with Crippen molar-refractivity contribution in [2.24, 2.45) is 0 Å². The Morgan fingerprint density at radius 3 is 2.40 bits per heavy atom. The summed E-state index contributed by atoms with van der Waals surface area (Å²) in [4.78, 5) is 0. The van der Waals surface area contributed by atoms with E-state index in [0.29, 0.717) is 11.4 Å². The van der Waals surface area contributed by atoms with Gasteiger partial charge in [-0.2, -0.15) is 0 Å². The quantitative estimate of drug-likeness (QED) is 0.566. The number of nitrogen functional groups attached to an aromatic ring is 2. The lowest BCUT2D eigenvalue weighted by Gasteiger charge is -2.13. The number of nitrogens with one attached hydrogen (secondary N) is 1. The molecule has 1 aromatic carbocycles. The van der Waals surface area contributed by atoms with Gasteiger partial charge in [-0.1, -0.05) is 38.1 Å². The van der Waals surface area contributed by atoms with Crippen LogP contribution in [0.1, 0.15) is 38.8 Å². The van der Waals surface area contributed by atoms with Gasteiger partial charge in [-0.15, -0.1) is 0 Å². The molecule has 0 unspecified atom stereocenters. The Morgan fingerprint density at radius 2 is 1.85 bits per heavy atom. The molecule has 0 radical (unpaired) electrons. The van der Waals surface area contributed by atoms with Crippen molar-refractivity contribution in [2.45, 2.75) is 41.2 Å². The van der Waals surface area contributed by atoms with Crippen molar-refractivity contribution in [2.75, 3.05) is 18.0 Å². The van der Waals surface area contributed by atoms with Crippen molar-refractivity contribution in [3.05, 3.63) is 47.1 Å². The first kappa shape index (κ1) is 18.3. The maximum atomic E-state index is 6.00. The normalized spacial score (nSPS) is 11.3. The first-order chi connectivity index (χ1) is 9.60. The van der Waals surface area contributed by atoms with Gasteiger partial charge in [0.05, 0.1) is 11.4 Å². The SMILES string of the molecule is C/C=C\C(=C/C)CNCc1c(C)ccc(N)c1N.CC. The van der Waals surface area contributed by atoms with Crippen LogP contribution in [0.25, 0.3) is 0 Å². The van der Waals surface area contributed by atoms with E-state index in [0.717, 1.165) is 18.7 Å². The van der Waals surface area contributed by atoms with Crippen LogP contribution >= 0.6 is 0 Å². The van der Waals surface area contributed by atoms with Gasteiger partial charge in [0.1, 0.15) is 0 Å². The van der Waals surface area contributed by atoms with E-state index in [1.54, 1.807) is 0 Å². The Morgan fingerprint density at radius 1 is 1.20 bits per heavy atom. The molecule has 0 aliphatic carbocycles. The Balaban J connectivity index is 0.00000172. The Hall–Kier alpha value is -1.74. The third-order valence-corrected chi connectivity index (χ3v) is 3.01. The molecule has 1 aromatic rings. The average Bonchev–Trinajstić information content (AvgIpc) is 2.47. The van der Waals surface area contributed by atoms with E-state index in [-0.39, 0.29) is 0 Å². The lowest BCUT2D eigenvalue weighted by Crippen LogP contribution is -2.18. The maximum absolute atomic E-state index is 6.00. The van der Waals surface area contributed by atoms with E-state index in [1.807, 2.05) is 45.9 Å². The first-order valence-corrected chi connectivity index (χ1v) is 7.22. The largest absolute Gasteiger partial charge is 0.397 e. The molecule has 112 valence electrons. The Kier molecular flexibility index (Phi) is 9.22. The zero-order chi connectivity index (χ0) is 15.5. The van der Waals surface area contributed by atoms with Crippen LogP contribution in [0.5, 0.6) is 0 Å². The lowest BCUT2D eigenvalue weighted by molar-refractivity contribution is 0.744. The summed E-state index contributed by atoms with van der Waals surface area (Å²) in [5, 5.41) is 3.39. The van der Waals surface area contributed by atoms with Gasteiger partial charge in [0.2, 0.25) is 0 Å². The van der Waals surface area contributed by atoms with Gasteiger partial charge < -0.3 is 16.8 Å². The van der Waals surface area contributed by atoms with Crippen LogP contribution in [0, 0.1) is 6.92 Å². The topological polar surface area (TPSA) is 64.1 Å². The van der Waals surface area contributed by atoms with Crippen molar-refractivity contribution in [3.63, 3.8) is 0 Å². The third-order valence-electron chi connectivity index (χ3n) is 3.01. The average molecular weight is 275 g/mol. The molecule has 0 saturated heterocycles. The fourth-order valence-electron chi connectivity index (χ4n) is 1.83. The molecule has 3 heteroatoms. The number of hydrogen-bond donors (Lipinski definition) is 3. The van der Waals surface area contributed by atoms with Crippen molar-refractivity contribution in [1.29, 1.82) is 0 Å². The van der Waals surface area contributed by atoms with Crippen LogP contribution in [-0.4, -0.2) is 6.54 Å². The predicted octanol–water partition coefficient (Wildman–Crippen LogP) is 3.80. The molecular weight excluding hydrogens is 246 g/mol. The molecule has 0 atom stereocenters. The van der Waals surface area contributed by atoms with Gasteiger partial charge in [-0.3, -0.25) is 0 Å². The van der Waals surface area contributed by atoms with E-state index < -0.39 is 0 Å². The van der Waals surface area contributed by atoms with Gasteiger partial charge in [0.25, 0.3) is 0 Å². The Bertz CT molecular complexity index is 460. The molecule has 0 aliphatic rings. The van der Waals surface area contributed by atoms with E-state index in [1.165, 1.54) is 11.1 Å². The van der Waals surface area contributed by atoms with Gasteiger partial charge in [-0.25, -0.2) is 0 Å². The van der Waals surface area contributed by atoms with Crippen molar-refractivity contribution in [3.8, 4) is 0 Å². The summed E-state index contributed by atoms with van der Waals surface area (Å²) < 4.78 is 0. The van der Waals surface area contributed by atoms with Crippen LogP contribution < -0.4 is 16.8 Å². The van der Waals surface area contributed by atoms with Crippen LogP contribution in [0.3, 0.4) is 0 Å². The minimum Gasteiger partial charge on any atom is -0.397 e. The molecule has 5 N–H and O–H groups in total. The summed E-state index contributed by atoms with van der Waals surface area (Å²) in [7, 11) is 0. The van der Waals surface area contributed by atoms with Gasteiger partial charge in [0.15, 0.2) is 0 Å². The summed E-state index contributed by atoms with van der Waals surface area (Å²) in [6.07, 6.45) is 6.24. The number of allylic oxidation sites excluding steroid dienone is 2. The van der Waals surface area contributed by atoms with Crippen molar-refractivity contribution in [1.82, 2.24) is 5.32 Å². The minimum atomic E-state index is 0.650. The second-order valence-corrected chi connectivity index (χ2v) is 4.33. The molecule has 3 nitrogen and oxygen atoms in total. The third kappa shape index (κ3) is 5.49. The number of anilines is 2. The summed E-state index contributed by atoms with van der Waals surface area (Å²) in [6.45, 7) is 11.7. The highest BCUT2D eigenvalue weighted by atomic mass is 14.9. The molecule has 0 aliphatic heterocycles. The van der Waals surface area contributed by atoms with Gasteiger partial charge >= 0.3 is 0 Å². The van der Waals surface area contributed by atoms with Crippen molar-refractivity contribution >= 4 is 11.4 Å². The monoisotopic (exact) mass is 275 g/mol. The van der Waals surface area contributed by atoms with E-state index in [9.17, 15) is 0 Å². The smallest absolute Gasteiger partial charge is 0.0596 e. The second kappa shape index (κ2) is 10.1. The van der Waals surface area contributed by atoms with E-state index in [2.05, 4.69) is 24.4 Å². The molecule has 0 saturated carbocycles. The number of benzene rings is 1. The summed E-state index contributed by atoms with van der Waals surface area (Å²) >= 11 is 0. The summed E-state index contributed by atoms with van der Waals surface area (Å²) in [6, 6.07) is 3.86. The lowest BCUT2D eigenvalue weighted by atomic mass is 10.1. The van der Waals surface area contributed by atoms with Gasteiger partial charge in [0, 0.05) is 13.1 Å². The van der Waals surface area contributed by atoms with Crippen LogP contribution in [0.15, 0.2) is 35.9 Å². The van der Waals surface area contributed by atoms with Gasteiger partial charge in [-0.05, 0) is 43.5 Å². The highest BCUT2D eigenvalue weighted by molar-refractivity contribution is 5.69. The predicted molar refractivity (Wildman–Crippen MR) is 91.6 cm³/mol. The zero-order valence-corrected chi connectivity index (χ0v) is 13.5. The molecule has 20 heavy (non-hydrogen) atoms. The molecule has 0 bridgehead atoms. The van der Waals surface area contributed by atoms with Crippen LogP contribution in [-0.2, 0) is 6.54 Å². The minimum absolute atomic E-state index is 0.650. The van der Waals surface area contributed by atoms with E-state index >= 15 is 0 Å². The molecule has 0 aromatic heterocycles. The molecule has 0 fully saturated rings. The van der Waals surface area contributed by atoms with Crippen LogP contribution in [0.2, 0.25) is 0 Å². The fourth-order valence-corrected chi connectivity index (χ4v) is 1.83. The van der Waals surface area contributed by atoms with Crippen molar-refractivity contribution < 1.29 is 0 Å². The number of hydrogen-bond acceptors (Lipinski definition) is 3. The zero-order valence-electron chi connectivity index (χ0n) is 13.5. The van der Waals surface area contributed by atoms with Crippen LogP contribution in [0.4, 0.5) is 11.4 Å². The fraction of sp³-hybridized carbons (Fsp3) is 0.412. The molecule has 0 spiro atoms. The number of rotatable bonds is 5. The molecular formula is C17H29N3. The molecule has 1 rings (SSSR count). The molecule has 0 amide bonds. The highest BCUT2D eigenvalue weighted by Gasteiger charge is 2.05.